The second-order valence-corrected chi connectivity index (χ2v) is 4.50. The van der Waals surface area contributed by atoms with Crippen LogP contribution in [0.1, 0.15) is 20.7 Å². The molecule has 0 aromatic heterocycles. The first kappa shape index (κ1) is 15.1. The Morgan fingerprint density at radius 1 is 1.00 bits per heavy atom. The lowest BCUT2D eigenvalue weighted by atomic mass is 9.91. The third-order valence-electron chi connectivity index (χ3n) is 3.25. The average Bonchev–Trinajstić information content (AvgIpc) is 2.50. The van der Waals surface area contributed by atoms with Crippen molar-refractivity contribution >= 4 is 11.6 Å². The molecule has 0 atom stereocenters. The Hall–Kier alpha value is -2.34. The fourth-order valence-electron chi connectivity index (χ4n) is 2.23. The normalized spacial score (nSPS) is 13.6. The molecule has 1 aromatic rings. The van der Waals surface area contributed by atoms with Gasteiger partial charge in [0.25, 0.3) is 0 Å². The molecule has 0 saturated carbocycles. The van der Waals surface area contributed by atoms with E-state index in [1.165, 1.54) is 20.3 Å². The molecule has 6 nitrogen and oxygen atoms in total. The van der Waals surface area contributed by atoms with Gasteiger partial charge in [0.2, 0.25) is 5.78 Å². The molecule has 1 aromatic carbocycles. The van der Waals surface area contributed by atoms with Gasteiger partial charge < -0.3 is 20.1 Å². The first-order valence-electron chi connectivity index (χ1n) is 6.58. The van der Waals surface area contributed by atoms with Gasteiger partial charge in [-0.15, -0.1) is 0 Å². The highest BCUT2D eigenvalue weighted by atomic mass is 16.5. The van der Waals surface area contributed by atoms with Gasteiger partial charge in [0.15, 0.2) is 5.78 Å². The smallest absolute Gasteiger partial charge is 0.213 e. The van der Waals surface area contributed by atoms with Crippen molar-refractivity contribution in [3.8, 4) is 11.5 Å². The zero-order chi connectivity index (χ0) is 15.4. The Labute approximate surface area is 123 Å². The maximum atomic E-state index is 12.6. The predicted molar refractivity (Wildman–Crippen MR) is 78.2 cm³/mol. The second kappa shape index (κ2) is 6.41. The molecule has 0 aliphatic heterocycles. The van der Waals surface area contributed by atoms with E-state index in [1.807, 2.05) is 7.05 Å². The van der Waals surface area contributed by atoms with Gasteiger partial charge in [-0.25, -0.2) is 0 Å². The van der Waals surface area contributed by atoms with E-state index in [9.17, 15) is 9.59 Å². The number of carbonyl (C=O) groups is 2. The van der Waals surface area contributed by atoms with E-state index in [4.69, 9.17) is 9.47 Å². The third kappa shape index (κ3) is 2.75. The molecule has 0 saturated heterocycles. The van der Waals surface area contributed by atoms with Gasteiger partial charge in [0.05, 0.1) is 31.0 Å². The summed E-state index contributed by atoms with van der Waals surface area (Å²) in [6.07, 6.45) is 1.31. The van der Waals surface area contributed by atoms with Gasteiger partial charge in [-0.2, -0.15) is 0 Å². The quantitative estimate of drug-likeness (QED) is 0.754. The van der Waals surface area contributed by atoms with E-state index in [0.717, 1.165) is 0 Å². The summed E-state index contributed by atoms with van der Waals surface area (Å²) in [6.45, 7) is 1.23. The molecule has 1 aliphatic rings. The number of methoxy groups -OCH3 is 2. The molecule has 0 amide bonds. The Kier molecular flexibility index (Phi) is 4.59. The highest BCUT2D eigenvalue weighted by molar-refractivity contribution is 6.26. The number of fused-ring (bicyclic) bond motifs is 1. The Morgan fingerprint density at radius 2 is 1.62 bits per heavy atom. The minimum absolute atomic E-state index is 0.247. The van der Waals surface area contributed by atoms with E-state index < -0.39 is 0 Å². The van der Waals surface area contributed by atoms with Gasteiger partial charge in [0, 0.05) is 19.2 Å². The summed E-state index contributed by atoms with van der Waals surface area (Å²) < 4.78 is 10.4. The SMILES string of the molecule is CNCCNC1=CC(=O)c2c(OC)ccc(OC)c2C1=O. The topological polar surface area (TPSA) is 76.7 Å². The van der Waals surface area contributed by atoms with Crippen molar-refractivity contribution in [2.24, 2.45) is 0 Å². The Balaban J connectivity index is 2.45. The number of nitrogens with one attached hydrogen (secondary N) is 2. The number of hydrogen-bond acceptors (Lipinski definition) is 6. The standard InChI is InChI=1S/C15H18N2O4/c1-16-6-7-17-9-8-10(18)13-11(20-2)4-5-12(21-3)14(13)15(9)19/h4-5,8,16-17H,6-7H2,1-3H3. The van der Waals surface area contributed by atoms with Crippen LogP contribution in [0.25, 0.3) is 0 Å². The Bertz CT molecular complexity index is 608. The second-order valence-electron chi connectivity index (χ2n) is 4.50. The van der Waals surface area contributed by atoms with Crippen molar-refractivity contribution in [3.63, 3.8) is 0 Å². The molecule has 0 bridgehead atoms. The van der Waals surface area contributed by atoms with Gasteiger partial charge in [0.1, 0.15) is 11.5 Å². The van der Waals surface area contributed by atoms with E-state index in [2.05, 4.69) is 10.6 Å². The molecule has 6 heteroatoms. The summed E-state index contributed by atoms with van der Waals surface area (Å²) in [7, 11) is 4.74. The van der Waals surface area contributed by atoms with Crippen LogP contribution in [0.2, 0.25) is 0 Å². The van der Waals surface area contributed by atoms with Crippen LogP contribution in [0, 0.1) is 0 Å². The van der Waals surface area contributed by atoms with Crippen molar-refractivity contribution in [3.05, 3.63) is 35.0 Å². The molecule has 21 heavy (non-hydrogen) atoms. The van der Waals surface area contributed by atoms with Crippen LogP contribution in [0.4, 0.5) is 0 Å². The van der Waals surface area contributed by atoms with Gasteiger partial charge in [-0.1, -0.05) is 0 Å². The van der Waals surface area contributed by atoms with E-state index in [-0.39, 0.29) is 28.4 Å². The lowest BCUT2D eigenvalue weighted by molar-refractivity contribution is 0.0973. The summed E-state index contributed by atoms with van der Waals surface area (Å²) in [5.74, 6) is 0.198. The number of ether oxygens (including phenoxy) is 2. The predicted octanol–water partition coefficient (Wildman–Crippen LogP) is 0.776. The molecular formula is C15H18N2O4. The fraction of sp³-hybridized carbons (Fsp3) is 0.333. The van der Waals surface area contributed by atoms with E-state index in [1.54, 1.807) is 12.1 Å². The molecule has 0 radical (unpaired) electrons. The first-order chi connectivity index (χ1) is 10.1. The lowest BCUT2D eigenvalue weighted by Crippen LogP contribution is -2.31. The summed E-state index contributed by atoms with van der Waals surface area (Å²) in [6, 6.07) is 3.25. The fourth-order valence-corrected chi connectivity index (χ4v) is 2.23. The number of benzene rings is 1. The van der Waals surface area contributed by atoms with E-state index in [0.29, 0.717) is 24.6 Å². The molecule has 0 fully saturated rings. The maximum absolute atomic E-state index is 12.6. The van der Waals surface area contributed by atoms with Crippen LogP contribution in [-0.2, 0) is 0 Å². The molecule has 1 aliphatic carbocycles. The van der Waals surface area contributed by atoms with E-state index >= 15 is 0 Å². The maximum Gasteiger partial charge on any atom is 0.213 e. The van der Waals surface area contributed by atoms with Crippen LogP contribution in [0.5, 0.6) is 11.5 Å². The molecule has 0 heterocycles. The van der Waals surface area contributed by atoms with Crippen molar-refractivity contribution in [2.45, 2.75) is 0 Å². The van der Waals surface area contributed by atoms with Gasteiger partial charge in [-0.3, -0.25) is 9.59 Å². The number of carbonyl (C=O) groups excluding carboxylic acids is 2. The van der Waals surface area contributed by atoms with Crippen molar-refractivity contribution in [1.29, 1.82) is 0 Å². The number of ketones is 2. The van der Waals surface area contributed by atoms with Crippen molar-refractivity contribution in [1.82, 2.24) is 10.6 Å². The van der Waals surface area contributed by atoms with Crippen LogP contribution in [0.15, 0.2) is 23.9 Å². The van der Waals surface area contributed by atoms with Crippen molar-refractivity contribution in [2.75, 3.05) is 34.4 Å². The molecule has 2 N–H and O–H groups in total. The lowest BCUT2D eigenvalue weighted by Gasteiger charge is -2.20. The molecule has 112 valence electrons. The van der Waals surface area contributed by atoms with Crippen LogP contribution in [-0.4, -0.2) is 45.9 Å². The minimum Gasteiger partial charge on any atom is -0.496 e. The Morgan fingerprint density at radius 3 is 2.19 bits per heavy atom. The first-order valence-corrected chi connectivity index (χ1v) is 6.58. The molecule has 0 spiro atoms. The summed E-state index contributed by atoms with van der Waals surface area (Å²) in [5, 5.41) is 5.93. The summed E-state index contributed by atoms with van der Waals surface area (Å²) in [4.78, 5) is 24.9. The third-order valence-corrected chi connectivity index (χ3v) is 3.25. The van der Waals surface area contributed by atoms with Crippen LogP contribution < -0.4 is 20.1 Å². The molecule has 0 unspecified atom stereocenters. The van der Waals surface area contributed by atoms with Crippen LogP contribution in [0.3, 0.4) is 0 Å². The largest absolute Gasteiger partial charge is 0.496 e. The molecular weight excluding hydrogens is 272 g/mol. The highest BCUT2D eigenvalue weighted by Gasteiger charge is 2.31. The monoisotopic (exact) mass is 290 g/mol. The summed E-state index contributed by atoms with van der Waals surface area (Å²) >= 11 is 0. The number of Topliss-reactive ketones (excluding diaryl/α,β-unsaturated/α-hetero) is 1. The highest BCUT2D eigenvalue weighted by Crippen LogP contribution is 2.35. The number of rotatable bonds is 6. The van der Waals surface area contributed by atoms with Crippen molar-refractivity contribution < 1.29 is 19.1 Å². The number of allylic oxidation sites excluding steroid dienone is 2. The van der Waals surface area contributed by atoms with Gasteiger partial charge >= 0.3 is 0 Å². The summed E-state index contributed by atoms with van der Waals surface area (Å²) in [5.41, 5.74) is 0.770. The average molecular weight is 290 g/mol. The minimum atomic E-state index is -0.271. The zero-order valence-electron chi connectivity index (χ0n) is 12.3. The van der Waals surface area contributed by atoms with Crippen LogP contribution >= 0.6 is 0 Å². The number of hydrogen-bond donors (Lipinski definition) is 2. The zero-order valence-corrected chi connectivity index (χ0v) is 12.3. The number of likely N-dealkylation sites (N-methyl/N-ethyl adjacent to an activating group) is 1. The molecule has 2 rings (SSSR count). The van der Waals surface area contributed by atoms with Gasteiger partial charge in [-0.05, 0) is 19.2 Å².